The summed E-state index contributed by atoms with van der Waals surface area (Å²) in [4.78, 5) is 26.3. The van der Waals surface area contributed by atoms with E-state index in [0.717, 1.165) is 19.4 Å². The number of rotatable bonds is 3. The number of likely N-dealkylation sites (tertiary alicyclic amines) is 1. The van der Waals surface area contributed by atoms with Crippen LogP contribution in [-0.2, 0) is 9.59 Å². The lowest BCUT2D eigenvalue weighted by Gasteiger charge is -2.39. The van der Waals surface area contributed by atoms with Gasteiger partial charge in [-0.2, -0.15) is 0 Å². The smallest absolute Gasteiger partial charge is 0.245 e. The van der Waals surface area contributed by atoms with Crippen molar-refractivity contribution >= 4 is 11.8 Å². The van der Waals surface area contributed by atoms with Crippen molar-refractivity contribution in [1.82, 2.24) is 10.2 Å². The van der Waals surface area contributed by atoms with Gasteiger partial charge >= 0.3 is 0 Å². The third-order valence-electron chi connectivity index (χ3n) is 3.93. The molecule has 5 nitrogen and oxygen atoms in total. The van der Waals surface area contributed by atoms with E-state index in [0.29, 0.717) is 12.5 Å². The summed E-state index contributed by atoms with van der Waals surface area (Å²) in [6, 6.07) is -0.399. The topological polar surface area (TPSA) is 75.4 Å². The maximum absolute atomic E-state index is 12.5. The zero-order valence-corrected chi connectivity index (χ0v) is 13.4. The molecule has 3 unspecified atom stereocenters. The predicted octanol–water partition coefficient (Wildman–Crippen LogP) is 1.12. The molecule has 1 aliphatic heterocycles. The molecular formula is C15H29N3O2. The molecular weight excluding hydrogens is 254 g/mol. The molecule has 0 radical (unpaired) electrons. The van der Waals surface area contributed by atoms with Crippen molar-refractivity contribution in [2.45, 2.75) is 59.5 Å². The molecule has 0 aromatic rings. The van der Waals surface area contributed by atoms with E-state index >= 15 is 0 Å². The number of hydrogen-bond acceptors (Lipinski definition) is 3. The summed E-state index contributed by atoms with van der Waals surface area (Å²) >= 11 is 0. The summed E-state index contributed by atoms with van der Waals surface area (Å²) in [5.74, 6) is 0.477. The number of amides is 2. The van der Waals surface area contributed by atoms with Crippen LogP contribution in [0.4, 0.5) is 0 Å². The van der Waals surface area contributed by atoms with Crippen LogP contribution < -0.4 is 11.1 Å². The quantitative estimate of drug-likeness (QED) is 0.815. The van der Waals surface area contributed by atoms with Crippen LogP contribution in [0.2, 0.25) is 0 Å². The fourth-order valence-corrected chi connectivity index (χ4v) is 2.49. The Labute approximate surface area is 122 Å². The molecule has 0 aromatic carbocycles. The van der Waals surface area contributed by atoms with Crippen molar-refractivity contribution in [3.8, 4) is 0 Å². The Morgan fingerprint density at radius 3 is 2.50 bits per heavy atom. The molecule has 1 fully saturated rings. The lowest BCUT2D eigenvalue weighted by atomic mass is 9.91. The molecule has 3 atom stereocenters. The largest absolute Gasteiger partial charge is 0.344 e. The Kier molecular flexibility index (Phi) is 5.57. The van der Waals surface area contributed by atoms with Crippen LogP contribution in [0.25, 0.3) is 0 Å². The lowest BCUT2D eigenvalue weighted by molar-refractivity contribution is -0.141. The van der Waals surface area contributed by atoms with Crippen LogP contribution in [0.15, 0.2) is 0 Å². The second-order valence-electron chi connectivity index (χ2n) is 7.00. The first kappa shape index (κ1) is 17.0. The predicted molar refractivity (Wildman–Crippen MR) is 80.0 cm³/mol. The van der Waals surface area contributed by atoms with E-state index < -0.39 is 11.5 Å². The first-order chi connectivity index (χ1) is 9.16. The summed E-state index contributed by atoms with van der Waals surface area (Å²) in [5.41, 5.74) is 5.30. The zero-order chi connectivity index (χ0) is 15.5. The van der Waals surface area contributed by atoms with E-state index in [2.05, 4.69) is 12.2 Å². The highest BCUT2D eigenvalue weighted by Gasteiger charge is 2.33. The molecule has 2 amide bonds. The first-order valence-corrected chi connectivity index (χ1v) is 7.48. The maximum atomic E-state index is 12.5. The van der Waals surface area contributed by atoms with Gasteiger partial charge in [-0.3, -0.25) is 9.59 Å². The molecule has 20 heavy (non-hydrogen) atoms. The lowest BCUT2D eigenvalue weighted by Crippen LogP contribution is -2.56. The second kappa shape index (κ2) is 6.57. The molecule has 0 bridgehead atoms. The van der Waals surface area contributed by atoms with Gasteiger partial charge in [0.1, 0.15) is 6.04 Å². The highest BCUT2D eigenvalue weighted by molar-refractivity contribution is 5.89. The number of nitrogens with zero attached hydrogens (tertiary/aromatic N) is 1. The van der Waals surface area contributed by atoms with Gasteiger partial charge in [-0.05, 0) is 25.7 Å². The van der Waals surface area contributed by atoms with Crippen LogP contribution in [0.1, 0.15) is 47.5 Å². The normalized spacial score (nSPS) is 25.2. The van der Waals surface area contributed by atoms with E-state index in [9.17, 15) is 9.59 Å². The van der Waals surface area contributed by atoms with Crippen LogP contribution in [-0.4, -0.2) is 41.9 Å². The Morgan fingerprint density at radius 1 is 1.40 bits per heavy atom. The molecule has 1 heterocycles. The number of piperidine rings is 1. The Bertz CT molecular complexity index is 363. The minimum Gasteiger partial charge on any atom is -0.344 e. The minimum atomic E-state index is -0.496. The van der Waals surface area contributed by atoms with Crippen molar-refractivity contribution in [3.05, 3.63) is 0 Å². The van der Waals surface area contributed by atoms with Crippen molar-refractivity contribution in [2.24, 2.45) is 17.1 Å². The SMILES string of the molecule is CC1CCN(C(=O)C(C)NC(=O)C(C)(C)C)C(CN)C1. The second-order valence-corrected chi connectivity index (χ2v) is 7.00. The number of hydrogen-bond donors (Lipinski definition) is 2. The van der Waals surface area contributed by atoms with E-state index in [4.69, 9.17) is 5.73 Å². The van der Waals surface area contributed by atoms with Gasteiger partial charge in [-0.15, -0.1) is 0 Å². The van der Waals surface area contributed by atoms with E-state index in [1.165, 1.54) is 0 Å². The fourth-order valence-electron chi connectivity index (χ4n) is 2.49. The Balaban J connectivity index is 2.66. The van der Waals surface area contributed by atoms with E-state index in [1.54, 1.807) is 6.92 Å². The summed E-state index contributed by atoms with van der Waals surface area (Å²) in [6.45, 7) is 10.7. The van der Waals surface area contributed by atoms with Crippen molar-refractivity contribution in [1.29, 1.82) is 0 Å². The van der Waals surface area contributed by atoms with Gasteiger partial charge in [-0.1, -0.05) is 27.7 Å². The molecule has 0 saturated carbocycles. The van der Waals surface area contributed by atoms with Crippen molar-refractivity contribution in [2.75, 3.05) is 13.1 Å². The number of carbonyl (C=O) groups excluding carboxylic acids is 2. The van der Waals surface area contributed by atoms with Crippen LogP contribution in [0.5, 0.6) is 0 Å². The summed E-state index contributed by atoms with van der Waals surface area (Å²) in [6.07, 6.45) is 1.95. The average molecular weight is 283 g/mol. The maximum Gasteiger partial charge on any atom is 0.245 e. The molecule has 0 aliphatic carbocycles. The average Bonchev–Trinajstić information content (AvgIpc) is 2.36. The van der Waals surface area contributed by atoms with Crippen LogP contribution >= 0.6 is 0 Å². The van der Waals surface area contributed by atoms with Gasteiger partial charge in [0.15, 0.2) is 0 Å². The minimum absolute atomic E-state index is 0.0232. The molecule has 116 valence electrons. The summed E-state index contributed by atoms with van der Waals surface area (Å²) in [7, 11) is 0. The molecule has 1 saturated heterocycles. The van der Waals surface area contributed by atoms with E-state index in [1.807, 2.05) is 25.7 Å². The standard InChI is InChI=1S/C15H29N3O2/c1-10-6-7-18(12(8-10)9-16)13(19)11(2)17-14(20)15(3,4)5/h10-12H,6-9,16H2,1-5H3,(H,17,20). The van der Waals surface area contributed by atoms with Gasteiger partial charge in [-0.25, -0.2) is 0 Å². The van der Waals surface area contributed by atoms with Gasteiger partial charge in [0.05, 0.1) is 0 Å². The van der Waals surface area contributed by atoms with Crippen molar-refractivity contribution < 1.29 is 9.59 Å². The molecule has 1 rings (SSSR count). The highest BCUT2D eigenvalue weighted by atomic mass is 16.2. The third kappa shape index (κ3) is 4.20. The van der Waals surface area contributed by atoms with Gasteiger partial charge in [0.25, 0.3) is 0 Å². The first-order valence-electron chi connectivity index (χ1n) is 7.48. The van der Waals surface area contributed by atoms with Crippen LogP contribution in [0, 0.1) is 11.3 Å². The zero-order valence-electron chi connectivity index (χ0n) is 13.4. The Hall–Kier alpha value is -1.10. The molecule has 0 spiro atoms. The summed E-state index contributed by atoms with van der Waals surface area (Å²) in [5, 5.41) is 2.80. The van der Waals surface area contributed by atoms with Crippen LogP contribution in [0.3, 0.4) is 0 Å². The fraction of sp³-hybridized carbons (Fsp3) is 0.867. The highest BCUT2D eigenvalue weighted by Crippen LogP contribution is 2.22. The number of carbonyl (C=O) groups is 2. The molecule has 5 heteroatoms. The Morgan fingerprint density at radius 2 is 2.00 bits per heavy atom. The monoisotopic (exact) mass is 283 g/mol. The number of nitrogens with one attached hydrogen (secondary N) is 1. The summed E-state index contributed by atoms with van der Waals surface area (Å²) < 4.78 is 0. The van der Waals surface area contributed by atoms with Gasteiger partial charge in [0.2, 0.25) is 11.8 Å². The molecule has 1 aliphatic rings. The third-order valence-corrected chi connectivity index (χ3v) is 3.93. The van der Waals surface area contributed by atoms with E-state index in [-0.39, 0.29) is 17.9 Å². The molecule has 0 aromatic heterocycles. The molecule has 3 N–H and O–H groups in total. The van der Waals surface area contributed by atoms with Gasteiger partial charge < -0.3 is 16.0 Å². The number of nitrogens with two attached hydrogens (primary N) is 1. The van der Waals surface area contributed by atoms with Crippen molar-refractivity contribution in [3.63, 3.8) is 0 Å². The van der Waals surface area contributed by atoms with Gasteiger partial charge in [0, 0.05) is 24.5 Å².